The molecule has 1 aliphatic carbocycles. The molecule has 1 atom stereocenters. The van der Waals surface area contributed by atoms with E-state index in [2.05, 4.69) is 14.8 Å². The number of nitrogens with two attached hydrogens (primary N) is 1. The molecule has 1 saturated carbocycles. The van der Waals surface area contributed by atoms with Gasteiger partial charge in [-0.05, 0) is 50.8 Å². The molecule has 5 rings (SSSR count). The predicted molar refractivity (Wildman–Crippen MR) is 77.5 cm³/mol. The molecule has 108 valence electrons. The van der Waals surface area contributed by atoms with Gasteiger partial charge in [-0.25, -0.2) is 0 Å². The molecule has 1 aromatic rings. The van der Waals surface area contributed by atoms with E-state index in [9.17, 15) is 4.79 Å². The monoisotopic (exact) mass is 274 g/mol. The SMILES string of the molecule is Nc1cc(C(=O)NC2CN3CCC2CC3)n(C2CC2)c1. The number of hydrogen-bond acceptors (Lipinski definition) is 3. The summed E-state index contributed by atoms with van der Waals surface area (Å²) in [5.41, 5.74) is 7.30. The molecule has 0 aromatic carbocycles. The Bertz CT molecular complexity index is 526. The Labute approximate surface area is 119 Å². The molecule has 1 aromatic heterocycles. The quantitative estimate of drug-likeness (QED) is 0.871. The summed E-state index contributed by atoms with van der Waals surface area (Å²) in [6.07, 6.45) is 6.67. The molecule has 2 bridgehead atoms. The van der Waals surface area contributed by atoms with Crippen molar-refractivity contribution in [1.82, 2.24) is 14.8 Å². The van der Waals surface area contributed by atoms with E-state index in [1.54, 1.807) is 0 Å². The Balaban J connectivity index is 1.50. The molecule has 1 amide bonds. The summed E-state index contributed by atoms with van der Waals surface area (Å²) in [5, 5.41) is 3.25. The Morgan fingerprint density at radius 2 is 2.00 bits per heavy atom. The number of carbonyl (C=O) groups is 1. The highest BCUT2D eigenvalue weighted by Gasteiger charge is 2.36. The first-order valence-electron chi connectivity index (χ1n) is 7.71. The van der Waals surface area contributed by atoms with Gasteiger partial charge in [0, 0.05) is 24.8 Å². The van der Waals surface area contributed by atoms with Gasteiger partial charge in [0.1, 0.15) is 5.69 Å². The molecule has 4 aliphatic rings. The zero-order valence-corrected chi connectivity index (χ0v) is 11.7. The molecule has 5 heteroatoms. The maximum Gasteiger partial charge on any atom is 0.268 e. The van der Waals surface area contributed by atoms with Gasteiger partial charge in [0.2, 0.25) is 0 Å². The summed E-state index contributed by atoms with van der Waals surface area (Å²) in [7, 11) is 0. The van der Waals surface area contributed by atoms with Crippen LogP contribution in [0.25, 0.3) is 0 Å². The summed E-state index contributed by atoms with van der Waals surface area (Å²) in [6.45, 7) is 3.40. The van der Waals surface area contributed by atoms with Gasteiger partial charge in [-0.2, -0.15) is 0 Å². The highest BCUT2D eigenvalue weighted by molar-refractivity contribution is 5.94. The number of piperidine rings is 3. The van der Waals surface area contributed by atoms with Crippen LogP contribution < -0.4 is 11.1 Å². The third kappa shape index (κ3) is 2.10. The fourth-order valence-electron chi connectivity index (χ4n) is 3.71. The van der Waals surface area contributed by atoms with Crippen molar-refractivity contribution in [2.45, 2.75) is 37.8 Å². The second-order valence-electron chi connectivity index (χ2n) is 6.52. The zero-order chi connectivity index (χ0) is 13.7. The third-order valence-corrected chi connectivity index (χ3v) is 5.02. The van der Waals surface area contributed by atoms with Crippen molar-refractivity contribution in [3.63, 3.8) is 0 Å². The Morgan fingerprint density at radius 1 is 1.25 bits per heavy atom. The van der Waals surface area contributed by atoms with Crippen molar-refractivity contribution in [1.29, 1.82) is 0 Å². The van der Waals surface area contributed by atoms with Gasteiger partial charge in [-0.3, -0.25) is 4.79 Å². The third-order valence-electron chi connectivity index (χ3n) is 5.02. The Kier molecular flexibility index (Phi) is 2.77. The van der Waals surface area contributed by atoms with Gasteiger partial charge in [0.25, 0.3) is 5.91 Å². The second-order valence-corrected chi connectivity index (χ2v) is 6.52. The van der Waals surface area contributed by atoms with E-state index in [0.717, 1.165) is 25.1 Å². The minimum Gasteiger partial charge on any atom is -0.397 e. The first-order chi connectivity index (χ1) is 9.70. The predicted octanol–water partition coefficient (Wildman–Crippen LogP) is 1.23. The van der Waals surface area contributed by atoms with Crippen LogP contribution in [0.15, 0.2) is 12.3 Å². The average Bonchev–Trinajstić information content (AvgIpc) is 3.23. The number of carbonyl (C=O) groups excluding carboxylic acids is 1. The molecule has 20 heavy (non-hydrogen) atoms. The van der Waals surface area contributed by atoms with Crippen LogP contribution >= 0.6 is 0 Å². The van der Waals surface area contributed by atoms with Crippen molar-refractivity contribution in [3.8, 4) is 0 Å². The molecule has 3 N–H and O–H groups in total. The molecule has 3 saturated heterocycles. The van der Waals surface area contributed by atoms with Gasteiger partial charge >= 0.3 is 0 Å². The lowest BCUT2D eigenvalue weighted by molar-refractivity contribution is 0.0615. The summed E-state index contributed by atoms with van der Waals surface area (Å²) in [6, 6.07) is 2.61. The minimum absolute atomic E-state index is 0.0485. The number of rotatable bonds is 3. The van der Waals surface area contributed by atoms with E-state index in [1.165, 1.54) is 25.9 Å². The smallest absolute Gasteiger partial charge is 0.268 e. The normalized spacial score (nSPS) is 32.3. The highest BCUT2D eigenvalue weighted by Crippen LogP contribution is 2.37. The standard InChI is InChI=1S/C15H22N4O/c16-11-7-14(19(8-11)12-1-2-12)15(20)17-13-9-18-5-3-10(13)4-6-18/h7-8,10,12-13H,1-6,9,16H2,(H,17,20). The number of anilines is 1. The van der Waals surface area contributed by atoms with Gasteiger partial charge in [-0.15, -0.1) is 0 Å². The maximum atomic E-state index is 12.5. The molecule has 1 unspecified atom stereocenters. The number of nitrogens with one attached hydrogen (secondary N) is 1. The Morgan fingerprint density at radius 3 is 2.60 bits per heavy atom. The Hall–Kier alpha value is -1.49. The zero-order valence-electron chi connectivity index (χ0n) is 11.7. The molecule has 0 spiro atoms. The lowest BCUT2D eigenvalue weighted by Gasteiger charge is -2.44. The molecule has 4 fully saturated rings. The summed E-state index contributed by atoms with van der Waals surface area (Å²) in [5.74, 6) is 0.706. The highest BCUT2D eigenvalue weighted by atomic mass is 16.2. The van der Waals surface area contributed by atoms with E-state index in [0.29, 0.717) is 23.7 Å². The van der Waals surface area contributed by atoms with Crippen molar-refractivity contribution >= 4 is 11.6 Å². The van der Waals surface area contributed by atoms with Crippen LogP contribution in [0.2, 0.25) is 0 Å². The van der Waals surface area contributed by atoms with Crippen LogP contribution in [0.4, 0.5) is 5.69 Å². The van der Waals surface area contributed by atoms with E-state index in [1.807, 2.05) is 12.3 Å². The number of aromatic nitrogens is 1. The molecule has 0 radical (unpaired) electrons. The second kappa shape index (κ2) is 4.52. The van der Waals surface area contributed by atoms with Crippen molar-refractivity contribution in [2.75, 3.05) is 25.4 Å². The van der Waals surface area contributed by atoms with Gasteiger partial charge in [-0.1, -0.05) is 0 Å². The largest absolute Gasteiger partial charge is 0.397 e. The molecule has 3 aliphatic heterocycles. The molecular formula is C15H22N4O. The first-order valence-corrected chi connectivity index (χ1v) is 7.71. The minimum atomic E-state index is 0.0485. The van der Waals surface area contributed by atoms with E-state index < -0.39 is 0 Å². The van der Waals surface area contributed by atoms with Crippen LogP contribution in [0.1, 0.15) is 42.2 Å². The molecule has 5 nitrogen and oxygen atoms in total. The summed E-state index contributed by atoms with van der Waals surface area (Å²) in [4.78, 5) is 15.0. The molecular weight excluding hydrogens is 252 g/mol. The van der Waals surface area contributed by atoms with Crippen LogP contribution in [0.3, 0.4) is 0 Å². The number of amides is 1. The molecule has 4 heterocycles. The first kappa shape index (κ1) is 12.3. The van der Waals surface area contributed by atoms with Crippen molar-refractivity contribution in [2.24, 2.45) is 5.92 Å². The lowest BCUT2D eigenvalue weighted by Crippen LogP contribution is -2.57. The summed E-state index contributed by atoms with van der Waals surface area (Å²) >= 11 is 0. The van der Waals surface area contributed by atoms with Crippen LogP contribution in [-0.2, 0) is 0 Å². The van der Waals surface area contributed by atoms with E-state index in [-0.39, 0.29) is 5.91 Å². The lowest BCUT2D eigenvalue weighted by atomic mass is 9.84. The fraction of sp³-hybridized carbons (Fsp3) is 0.667. The van der Waals surface area contributed by atoms with Crippen LogP contribution in [-0.4, -0.2) is 41.1 Å². The van der Waals surface area contributed by atoms with Crippen LogP contribution in [0.5, 0.6) is 0 Å². The number of nitrogens with zero attached hydrogens (tertiary/aromatic N) is 2. The van der Waals surface area contributed by atoms with Crippen molar-refractivity contribution in [3.05, 3.63) is 18.0 Å². The van der Waals surface area contributed by atoms with Gasteiger partial charge in [0.05, 0.1) is 5.69 Å². The fourth-order valence-corrected chi connectivity index (χ4v) is 3.71. The average molecular weight is 274 g/mol. The van der Waals surface area contributed by atoms with Crippen molar-refractivity contribution < 1.29 is 4.79 Å². The van der Waals surface area contributed by atoms with Gasteiger partial charge < -0.3 is 20.5 Å². The van der Waals surface area contributed by atoms with Crippen LogP contribution in [0, 0.1) is 5.92 Å². The van der Waals surface area contributed by atoms with E-state index in [4.69, 9.17) is 5.73 Å². The van der Waals surface area contributed by atoms with E-state index >= 15 is 0 Å². The number of fused-ring (bicyclic) bond motifs is 3. The topological polar surface area (TPSA) is 63.3 Å². The number of nitrogen functional groups attached to an aromatic ring is 1. The van der Waals surface area contributed by atoms with Gasteiger partial charge in [0.15, 0.2) is 0 Å². The number of hydrogen-bond donors (Lipinski definition) is 2. The maximum absolute atomic E-state index is 12.5. The summed E-state index contributed by atoms with van der Waals surface area (Å²) < 4.78 is 2.06.